The predicted octanol–water partition coefficient (Wildman–Crippen LogP) is 2.07. The molecule has 5 heteroatoms. The Morgan fingerprint density at radius 3 is 3.00 bits per heavy atom. The fraction of sp³-hybridized carbons (Fsp3) is 0.286. The number of imidazole rings is 1. The topological polar surface area (TPSA) is 58.2 Å². The fourth-order valence-corrected chi connectivity index (χ4v) is 2.40. The van der Waals surface area contributed by atoms with Gasteiger partial charge < -0.3 is 9.72 Å². The van der Waals surface area contributed by atoms with Gasteiger partial charge in [0.05, 0.1) is 12.2 Å². The van der Waals surface area contributed by atoms with Gasteiger partial charge >= 0.3 is 0 Å². The maximum atomic E-state index is 12.4. The van der Waals surface area contributed by atoms with Crippen LogP contribution in [0.2, 0.25) is 0 Å². The van der Waals surface area contributed by atoms with E-state index in [0.717, 1.165) is 22.6 Å². The summed E-state index contributed by atoms with van der Waals surface area (Å²) < 4.78 is 5.68. The van der Waals surface area contributed by atoms with Crippen molar-refractivity contribution >= 4 is 11.6 Å². The maximum Gasteiger partial charge on any atom is 0.294 e. The molecule has 0 spiro atoms. The van der Waals surface area contributed by atoms with Gasteiger partial charge in [0.25, 0.3) is 5.91 Å². The van der Waals surface area contributed by atoms with Crippen LogP contribution in [0, 0.1) is 13.8 Å². The number of anilines is 1. The van der Waals surface area contributed by atoms with Crippen LogP contribution in [0.1, 0.15) is 21.7 Å². The van der Waals surface area contributed by atoms with Gasteiger partial charge in [-0.25, -0.2) is 4.98 Å². The highest BCUT2D eigenvalue weighted by atomic mass is 16.5. The normalized spacial score (nSPS) is 13.9. The number of aromatic amines is 1. The van der Waals surface area contributed by atoms with Crippen molar-refractivity contribution < 1.29 is 9.53 Å². The minimum atomic E-state index is -0.125. The van der Waals surface area contributed by atoms with Crippen molar-refractivity contribution in [3.63, 3.8) is 0 Å². The second-order valence-corrected chi connectivity index (χ2v) is 4.67. The SMILES string of the molecule is Cc1cc(C)c2c(c1)N(C(=O)c1ncc[nH]1)CCO2. The van der Waals surface area contributed by atoms with Crippen LogP contribution in [-0.4, -0.2) is 29.0 Å². The van der Waals surface area contributed by atoms with E-state index in [2.05, 4.69) is 16.0 Å². The third-order valence-corrected chi connectivity index (χ3v) is 3.20. The van der Waals surface area contributed by atoms with Crippen molar-refractivity contribution in [1.29, 1.82) is 0 Å². The quantitative estimate of drug-likeness (QED) is 0.850. The molecule has 1 aliphatic heterocycles. The van der Waals surface area contributed by atoms with E-state index in [4.69, 9.17) is 4.74 Å². The van der Waals surface area contributed by atoms with Gasteiger partial charge in [-0.1, -0.05) is 6.07 Å². The van der Waals surface area contributed by atoms with E-state index in [1.54, 1.807) is 17.3 Å². The van der Waals surface area contributed by atoms with Crippen LogP contribution >= 0.6 is 0 Å². The monoisotopic (exact) mass is 257 g/mol. The number of aryl methyl sites for hydroxylation is 2. The average Bonchev–Trinajstić information content (AvgIpc) is 2.91. The first-order valence-electron chi connectivity index (χ1n) is 6.22. The third kappa shape index (κ3) is 1.97. The number of hydrogen-bond donors (Lipinski definition) is 1. The van der Waals surface area contributed by atoms with Gasteiger partial charge in [-0.05, 0) is 31.0 Å². The number of benzene rings is 1. The zero-order chi connectivity index (χ0) is 13.4. The summed E-state index contributed by atoms with van der Waals surface area (Å²) in [6, 6.07) is 4.03. The maximum absolute atomic E-state index is 12.4. The highest BCUT2D eigenvalue weighted by Gasteiger charge is 2.27. The lowest BCUT2D eigenvalue weighted by atomic mass is 10.1. The summed E-state index contributed by atoms with van der Waals surface area (Å²) >= 11 is 0. The number of amides is 1. The van der Waals surface area contributed by atoms with Crippen molar-refractivity contribution in [2.45, 2.75) is 13.8 Å². The Morgan fingerprint density at radius 1 is 1.42 bits per heavy atom. The molecule has 0 atom stereocenters. The Morgan fingerprint density at radius 2 is 2.26 bits per heavy atom. The standard InChI is InChI=1S/C14H15N3O2/c1-9-7-10(2)12-11(8-9)17(5-6-19-12)14(18)13-15-3-4-16-13/h3-4,7-8H,5-6H2,1-2H3,(H,15,16). The molecular weight excluding hydrogens is 242 g/mol. The Bertz CT molecular complexity index is 620. The number of nitrogens with zero attached hydrogens (tertiary/aromatic N) is 2. The molecule has 19 heavy (non-hydrogen) atoms. The summed E-state index contributed by atoms with van der Waals surface area (Å²) in [4.78, 5) is 21.0. The minimum absolute atomic E-state index is 0.125. The second-order valence-electron chi connectivity index (χ2n) is 4.67. The van der Waals surface area contributed by atoms with E-state index in [1.807, 2.05) is 19.9 Å². The number of carbonyl (C=O) groups excluding carboxylic acids is 1. The molecule has 0 saturated heterocycles. The van der Waals surface area contributed by atoms with Crippen molar-refractivity contribution in [3.05, 3.63) is 41.5 Å². The van der Waals surface area contributed by atoms with E-state index < -0.39 is 0 Å². The number of fused-ring (bicyclic) bond motifs is 1. The molecule has 0 bridgehead atoms. The molecule has 0 saturated carbocycles. The van der Waals surface area contributed by atoms with E-state index in [0.29, 0.717) is 19.0 Å². The Balaban J connectivity index is 2.05. The molecule has 2 aromatic rings. The number of H-pyrrole nitrogens is 1. The van der Waals surface area contributed by atoms with Gasteiger partial charge in [0, 0.05) is 12.4 Å². The first kappa shape index (κ1) is 11.8. The lowest BCUT2D eigenvalue weighted by molar-refractivity contribution is 0.0967. The summed E-state index contributed by atoms with van der Waals surface area (Å²) in [7, 11) is 0. The Hall–Kier alpha value is -2.30. The van der Waals surface area contributed by atoms with Crippen LogP contribution in [0.4, 0.5) is 5.69 Å². The zero-order valence-corrected chi connectivity index (χ0v) is 10.9. The number of rotatable bonds is 1. The van der Waals surface area contributed by atoms with Crippen LogP contribution in [0.3, 0.4) is 0 Å². The van der Waals surface area contributed by atoms with Gasteiger partial charge in [0.1, 0.15) is 12.4 Å². The molecule has 1 aromatic heterocycles. The highest BCUT2D eigenvalue weighted by Crippen LogP contribution is 2.36. The largest absolute Gasteiger partial charge is 0.489 e. The summed E-state index contributed by atoms with van der Waals surface area (Å²) in [5.41, 5.74) is 2.98. The second kappa shape index (κ2) is 4.42. The number of carbonyl (C=O) groups is 1. The average molecular weight is 257 g/mol. The third-order valence-electron chi connectivity index (χ3n) is 3.20. The van der Waals surface area contributed by atoms with Gasteiger partial charge in [0.2, 0.25) is 0 Å². The molecule has 1 aliphatic rings. The van der Waals surface area contributed by atoms with Crippen molar-refractivity contribution in [1.82, 2.24) is 9.97 Å². The lowest BCUT2D eigenvalue weighted by Gasteiger charge is -2.30. The fourth-order valence-electron chi connectivity index (χ4n) is 2.40. The highest BCUT2D eigenvalue weighted by molar-refractivity contribution is 6.05. The summed E-state index contributed by atoms with van der Waals surface area (Å²) in [6.07, 6.45) is 3.23. The summed E-state index contributed by atoms with van der Waals surface area (Å²) in [5.74, 6) is 1.02. The van der Waals surface area contributed by atoms with E-state index in [9.17, 15) is 4.79 Å². The summed E-state index contributed by atoms with van der Waals surface area (Å²) in [6.45, 7) is 5.04. The molecule has 5 nitrogen and oxygen atoms in total. The van der Waals surface area contributed by atoms with Gasteiger partial charge in [0.15, 0.2) is 5.82 Å². The number of hydrogen-bond acceptors (Lipinski definition) is 3. The lowest BCUT2D eigenvalue weighted by Crippen LogP contribution is -2.38. The van der Waals surface area contributed by atoms with Crippen molar-refractivity contribution in [3.8, 4) is 5.75 Å². The molecule has 1 amide bonds. The Labute approximate surface area is 111 Å². The van der Waals surface area contributed by atoms with Crippen molar-refractivity contribution in [2.75, 3.05) is 18.1 Å². The number of ether oxygens (including phenoxy) is 1. The van der Waals surface area contributed by atoms with E-state index in [-0.39, 0.29) is 5.91 Å². The first-order valence-corrected chi connectivity index (χ1v) is 6.22. The molecule has 98 valence electrons. The molecule has 0 fully saturated rings. The van der Waals surface area contributed by atoms with Crippen LogP contribution in [0.25, 0.3) is 0 Å². The van der Waals surface area contributed by atoms with Crippen LogP contribution in [0.5, 0.6) is 5.75 Å². The molecule has 3 rings (SSSR count). The molecule has 1 aromatic carbocycles. The van der Waals surface area contributed by atoms with Gasteiger partial charge in [-0.2, -0.15) is 0 Å². The van der Waals surface area contributed by atoms with Gasteiger partial charge in [-0.3, -0.25) is 9.69 Å². The zero-order valence-electron chi connectivity index (χ0n) is 10.9. The summed E-state index contributed by atoms with van der Waals surface area (Å²) in [5, 5.41) is 0. The van der Waals surface area contributed by atoms with Gasteiger partial charge in [-0.15, -0.1) is 0 Å². The molecule has 2 heterocycles. The number of nitrogens with one attached hydrogen (secondary N) is 1. The van der Waals surface area contributed by atoms with E-state index in [1.165, 1.54) is 0 Å². The smallest absolute Gasteiger partial charge is 0.294 e. The molecule has 0 aliphatic carbocycles. The van der Waals surface area contributed by atoms with Crippen molar-refractivity contribution in [2.24, 2.45) is 0 Å². The minimum Gasteiger partial charge on any atom is -0.489 e. The van der Waals surface area contributed by atoms with Crippen LogP contribution in [0.15, 0.2) is 24.5 Å². The van der Waals surface area contributed by atoms with Crippen LogP contribution < -0.4 is 9.64 Å². The molecule has 1 N–H and O–H groups in total. The van der Waals surface area contributed by atoms with Crippen LogP contribution in [-0.2, 0) is 0 Å². The molecule has 0 unspecified atom stereocenters. The number of aromatic nitrogens is 2. The first-order chi connectivity index (χ1) is 9.16. The predicted molar refractivity (Wildman–Crippen MR) is 71.7 cm³/mol. The van der Waals surface area contributed by atoms with E-state index >= 15 is 0 Å². The molecule has 0 radical (unpaired) electrons. The molecular formula is C14H15N3O2. The Kier molecular flexibility index (Phi) is 2.74.